The highest BCUT2D eigenvalue weighted by atomic mass is 16.2. The number of hydrogen-bond donors (Lipinski definition) is 3. The molecule has 0 saturated carbocycles. The number of carbonyl (C=O) groups is 2. The zero-order valence-corrected chi connectivity index (χ0v) is 13.5. The van der Waals surface area contributed by atoms with Crippen molar-refractivity contribution < 1.29 is 9.59 Å². The number of amides is 2. The number of pyridine rings is 1. The van der Waals surface area contributed by atoms with Crippen LogP contribution in [0.5, 0.6) is 0 Å². The molecule has 0 fully saturated rings. The summed E-state index contributed by atoms with van der Waals surface area (Å²) in [6.07, 6.45) is 4.50. The van der Waals surface area contributed by atoms with Gasteiger partial charge in [-0.15, -0.1) is 0 Å². The van der Waals surface area contributed by atoms with Crippen LogP contribution in [0, 0.1) is 5.92 Å². The second-order valence-electron chi connectivity index (χ2n) is 5.79. The molecule has 0 aliphatic rings. The Hall–Kier alpha value is -2.41. The predicted molar refractivity (Wildman–Crippen MR) is 87.7 cm³/mol. The predicted octanol–water partition coefficient (Wildman–Crippen LogP) is 0.0925. The summed E-state index contributed by atoms with van der Waals surface area (Å²) in [5.74, 6) is -0.512. The van der Waals surface area contributed by atoms with Gasteiger partial charge in [0.1, 0.15) is 5.65 Å². The van der Waals surface area contributed by atoms with Gasteiger partial charge in [0.25, 0.3) is 0 Å². The third-order valence-corrected chi connectivity index (χ3v) is 3.56. The minimum atomic E-state index is -0.597. The largest absolute Gasteiger partial charge is 0.354 e. The van der Waals surface area contributed by atoms with Gasteiger partial charge >= 0.3 is 0 Å². The summed E-state index contributed by atoms with van der Waals surface area (Å²) in [4.78, 5) is 27.8. The van der Waals surface area contributed by atoms with Crippen LogP contribution in [0.4, 0.5) is 0 Å². The molecular weight excluding hydrogens is 294 g/mol. The Labute approximate surface area is 135 Å². The lowest BCUT2D eigenvalue weighted by Crippen LogP contribution is -2.47. The van der Waals surface area contributed by atoms with Crippen molar-refractivity contribution in [2.75, 3.05) is 13.1 Å². The first-order valence-corrected chi connectivity index (χ1v) is 7.70. The zero-order chi connectivity index (χ0) is 16.8. The van der Waals surface area contributed by atoms with Crippen LogP contribution in [0.2, 0.25) is 0 Å². The van der Waals surface area contributed by atoms with Gasteiger partial charge in [-0.2, -0.15) is 0 Å². The molecule has 1 atom stereocenters. The van der Waals surface area contributed by atoms with Crippen molar-refractivity contribution in [3.63, 3.8) is 0 Å². The number of nitrogens with two attached hydrogens (primary N) is 1. The van der Waals surface area contributed by atoms with E-state index in [1.807, 2.05) is 48.8 Å². The lowest BCUT2D eigenvalue weighted by molar-refractivity contribution is -0.127. The Balaban J connectivity index is 1.71. The van der Waals surface area contributed by atoms with E-state index in [1.165, 1.54) is 0 Å². The molecule has 4 N–H and O–H groups in total. The third kappa shape index (κ3) is 4.79. The first-order valence-electron chi connectivity index (χ1n) is 7.70. The van der Waals surface area contributed by atoms with Crippen LogP contribution in [0.25, 0.3) is 5.65 Å². The topological polar surface area (TPSA) is 102 Å². The Morgan fingerprint density at radius 3 is 2.78 bits per heavy atom. The van der Waals surface area contributed by atoms with Crippen LogP contribution >= 0.6 is 0 Å². The van der Waals surface area contributed by atoms with Gasteiger partial charge in [-0.05, 0) is 18.1 Å². The Morgan fingerprint density at radius 2 is 2.09 bits per heavy atom. The van der Waals surface area contributed by atoms with E-state index in [0.29, 0.717) is 13.0 Å². The lowest BCUT2D eigenvalue weighted by atomic mass is 10.1. The fraction of sp³-hybridized carbons (Fsp3) is 0.438. The molecule has 0 radical (unpaired) electrons. The van der Waals surface area contributed by atoms with Crippen LogP contribution in [0.3, 0.4) is 0 Å². The number of nitrogens with one attached hydrogen (secondary N) is 2. The van der Waals surface area contributed by atoms with Gasteiger partial charge in [0.15, 0.2) is 0 Å². The summed E-state index contributed by atoms with van der Waals surface area (Å²) < 4.78 is 1.94. The lowest BCUT2D eigenvalue weighted by Gasteiger charge is -2.15. The molecular formula is C16H23N5O2. The molecule has 0 bridgehead atoms. The van der Waals surface area contributed by atoms with E-state index in [-0.39, 0.29) is 24.3 Å². The molecule has 2 aromatic rings. The molecule has 2 aromatic heterocycles. The van der Waals surface area contributed by atoms with Gasteiger partial charge in [0.2, 0.25) is 11.8 Å². The van der Waals surface area contributed by atoms with Gasteiger partial charge in [0.05, 0.1) is 18.3 Å². The number of hydrogen-bond acceptors (Lipinski definition) is 4. The maximum absolute atomic E-state index is 11.7. The highest BCUT2D eigenvalue weighted by molar-refractivity contribution is 5.87. The second-order valence-corrected chi connectivity index (χ2v) is 5.79. The number of imidazole rings is 1. The quantitative estimate of drug-likeness (QED) is 0.673. The summed E-state index contributed by atoms with van der Waals surface area (Å²) in [6, 6.07) is 5.19. The Bertz CT molecular complexity index is 647. The second kappa shape index (κ2) is 7.73. The van der Waals surface area contributed by atoms with Crippen molar-refractivity contribution >= 4 is 17.5 Å². The maximum Gasteiger partial charge on any atom is 0.239 e. The van der Waals surface area contributed by atoms with Crippen LogP contribution in [0.1, 0.15) is 19.5 Å². The minimum Gasteiger partial charge on any atom is -0.354 e. The van der Waals surface area contributed by atoms with E-state index < -0.39 is 6.04 Å². The van der Waals surface area contributed by atoms with Crippen molar-refractivity contribution in [2.45, 2.75) is 26.3 Å². The van der Waals surface area contributed by atoms with Crippen LogP contribution < -0.4 is 16.4 Å². The van der Waals surface area contributed by atoms with Crippen molar-refractivity contribution in [3.05, 3.63) is 36.3 Å². The highest BCUT2D eigenvalue weighted by Crippen LogP contribution is 2.04. The van der Waals surface area contributed by atoms with Gasteiger partial charge in [-0.3, -0.25) is 9.59 Å². The maximum atomic E-state index is 11.7. The fourth-order valence-corrected chi connectivity index (χ4v) is 2.09. The summed E-state index contributed by atoms with van der Waals surface area (Å²) in [6.45, 7) is 4.12. The zero-order valence-electron chi connectivity index (χ0n) is 13.5. The first-order chi connectivity index (χ1) is 11.0. The van der Waals surface area contributed by atoms with Gasteiger partial charge in [0, 0.05) is 25.4 Å². The van der Waals surface area contributed by atoms with E-state index in [0.717, 1.165) is 11.3 Å². The number of aromatic nitrogens is 2. The van der Waals surface area contributed by atoms with Crippen molar-refractivity contribution in [3.8, 4) is 0 Å². The summed E-state index contributed by atoms with van der Waals surface area (Å²) in [7, 11) is 0. The van der Waals surface area contributed by atoms with Crippen molar-refractivity contribution in [1.82, 2.24) is 20.0 Å². The smallest absolute Gasteiger partial charge is 0.239 e. The average molecular weight is 317 g/mol. The van der Waals surface area contributed by atoms with Crippen molar-refractivity contribution in [1.29, 1.82) is 0 Å². The minimum absolute atomic E-state index is 0.0353. The number of nitrogens with zero attached hydrogens (tertiary/aromatic N) is 2. The molecule has 0 aliphatic heterocycles. The summed E-state index contributed by atoms with van der Waals surface area (Å²) >= 11 is 0. The molecule has 124 valence electrons. The van der Waals surface area contributed by atoms with Gasteiger partial charge in [-0.1, -0.05) is 19.9 Å². The molecule has 0 saturated heterocycles. The number of fused-ring (bicyclic) bond motifs is 1. The first kappa shape index (κ1) is 17.0. The molecule has 2 heterocycles. The van der Waals surface area contributed by atoms with Crippen LogP contribution in [0.15, 0.2) is 30.6 Å². The SMILES string of the molecule is CC(C)[C@H](N)C(=O)NCC(=O)NCCc1cn2ccccc2n1. The standard InChI is InChI=1S/C16H23N5O2/c1-11(2)15(17)16(23)19-9-14(22)18-7-6-12-10-21-8-4-3-5-13(21)20-12/h3-5,8,10-11,15H,6-7,9,17H2,1-2H3,(H,18,22)(H,19,23)/t15-/m0/s1. The average Bonchev–Trinajstić information content (AvgIpc) is 2.94. The van der Waals surface area contributed by atoms with Gasteiger partial charge in [-0.25, -0.2) is 4.98 Å². The van der Waals surface area contributed by atoms with E-state index in [2.05, 4.69) is 15.6 Å². The van der Waals surface area contributed by atoms with Crippen LogP contribution in [-0.2, 0) is 16.0 Å². The molecule has 23 heavy (non-hydrogen) atoms. The molecule has 0 aliphatic carbocycles. The van der Waals surface area contributed by atoms with E-state index >= 15 is 0 Å². The van der Waals surface area contributed by atoms with E-state index in [4.69, 9.17) is 5.73 Å². The molecule has 7 heteroatoms. The fourth-order valence-electron chi connectivity index (χ4n) is 2.09. The Kier molecular flexibility index (Phi) is 5.70. The molecule has 0 aromatic carbocycles. The molecule has 0 spiro atoms. The van der Waals surface area contributed by atoms with E-state index in [9.17, 15) is 9.59 Å². The summed E-state index contributed by atoms with van der Waals surface area (Å²) in [5.41, 5.74) is 7.49. The third-order valence-electron chi connectivity index (χ3n) is 3.56. The molecule has 2 rings (SSSR count). The highest BCUT2D eigenvalue weighted by Gasteiger charge is 2.17. The monoisotopic (exact) mass is 317 g/mol. The molecule has 0 unspecified atom stereocenters. The number of rotatable bonds is 7. The summed E-state index contributed by atoms with van der Waals surface area (Å²) in [5, 5.41) is 5.29. The van der Waals surface area contributed by atoms with Crippen LogP contribution in [-0.4, -0.2) is 40.3 Å². The van der Waals surface area contributed by atoms with Gasteiger partial charge < -0.3 is 20.8 Å². The number of carbonyl (C=O) groups excluding carboxylic acids is 2. The Morgan fingerprint density at radius 1 is 1.30 bits per heavy atom. The van der Waals surface area contributed by atoms with E-state index in [1.54, 1.807) is 0 Å². The molecule has 7 nitrogen and oxygen atoms in total. The van der Waals surface area contributed by atoms with Crippen molar-refractivity contribution in [2.24, 2.45) is 11.7 Å². The molecule has 2 amide bonds. The normalized spacial score (nSPS) is 12.3.